The average molecular weight is 368 g/mol. The minimum absolute atomic E-state index is 0.0375. The molecule has 3 rings (SSSR count). The molecule has 1 fully saturated rings. The average Bonchev–Trinajstić information content (AvgIpc) is 2.86. The molecule has 0 unspecified atom stereocenters. The van der Waals surface area contributed by atoms with E-state index < -0.39 is 22.8 Å². The fourth-order valence-electron chi connectivity index (χ4n) is 3.34. The lowest BCUT2D eigenvalue weighted by molar-refractivity contribution is 0.0695. The Morgan fingerprint density at radius 2 is 2.16 bits per heavy atom. The van der Waals surface area contributed by atoms with Crippen molar-refractivity contribution in [3.8, 4) is 0 Å². The number of carboxylic acid groups (broad SMARTS) is 1. The van der Waals surface area contributed by atoms with Crippen LogP contribution in [0.4, 0.5) is 10.1 Å². The van der Waals surface area contributed by atoms with Crippen LogP contribution in [0.2, 0.25) is 5.02 Å². The molecule has 2 heterocycles. The van der Waals surface area contributed by atoms with Crippen molar-refractivity contribution in [3.05, 3.63) is 38.9 Å². The predicted octanol–water partition coefficient (Wildman–Crippen LogP) is 2.30. The number of pyridine rings is 1. The monoisotopic (exact) mass is 367 g/mol. The number of aryl methyl sites for hydroxylation is 1. The molecule has 1 saturated heterocycles. The van der Waals surface area contributed by atoms with Crippen LogP contribution in [0.1, 0.15) is 24.2 Å². The van der Waals surface area contributed by atoms with Gasteiger partial charge in [-0.25, -0.2) is 9.18 Å². The second kappa shape index (κ2) is 6.31. The van der Waals surface area contributed by atoms with Crippen LogP contribution in [0.3, 0.4) is 0 Å². The molecule has 2 aromatic rings. The minimum Gasteiger partial charge on any atom is -0.477 e. The zero-order chi connectivity index (χ0) is 18.5. The largest absolute Gasteiger partial charge is 0.477 e. The number of hydrogen-bond acceptors (Lipinski definition) is 4. The van der Waals surface area contributed by atoms with E-state index in [2.05, 4.69) is 0 Å². The molecule has 1 aromatic carbocycles. The van der Waals surface area contributed by atoms with Gasteiger partial charge >= 0.3 is 5.97 Å². The molecule has 25 heavy (non-hydrogen) atoms. The van der Waals surface area contributed by atoms with Crippen molar-refractivity contribution in [2.75, 3.05) is 18.0 Å². The maximum absolute atomic E-state index is 14.8. The molecule has 0 saturated carbocycles. The highest BCUT2D eigenvalue weighted by molar-refractivity contribution is 6.38. The Hall–Kier alpha value is -2.12. The molecule has 8 heteroatoms. The Labute approximate surface area is 148 Å². The SMILES string of the molecule is CCn1cc(C(=O)O)c(=O)c2cc(F)c(N3C[C@@H](C)[C@@H](N)C3)c(Cl)c21. The second-order valence-electron chi connectivity index (χ2n) is 6.43. The van der Waals surface area contributed by atoms with Crippen molar-refractivity contribution in [2.45, 2.75) is 26.4 Å². The third-order valence-corrected chi connectivity index (χ3v) is 5.15. The van der Waals surface area contributed by atoms with E-state index in [1.54, 1.807) is 16.4 Å². The van der Waals surface area contributed by atoms with Gasteiger partial charge in [-0.2, -0.15) is 0 Å². The Morgan fingerprint density at radius 1 is 1.48 bits per heavy atom. The molecule has 6 nitrogen and oxygen atoms in total. The van der Waals surface area contributed by atoms with E-state index in [-0.39, 0.29) is 28.1 Å². The molecule has 0 bridgehead atoms. The van der Waals surface area contributed by atoms with Crippen molar-refractivity contribution < 1.29 is 14.3 Å². The van der Waals surface area contributed by atoms with Gasteiger partial charge in [-0.1, -0.05) is 18.5 Å². The van der Waals surface area contributed by atoms with Gasteiger partial charge in [0.25, 0.3) is 0 Å². The van der Waals surface area contributed by atoms with Crippen molar-refractivity contribution in [1.29, 1.82) is 0 Å². The van der Waals surface area contributed by atoms with Gasteiger partial charge in [0, 0.05) is 31.9 Å². The number of fused-ring (bicyclic) bond motifs is 1. The lowest BCUT2D eigenvalue weighted by Crippen LogP contribution is -2.29. The van der Waals surface area contributed by atoms with E-state index in [0.29, 0.717) is 25.2 Å². The summed E-state index contributed by atoms with van der Waals surface area (Å²) in [5.41, 5.74) is 5.42. The molecule has 1 aliphatic rings. The Morgan fingerprint density at radius 3 is 2.68 bits per heavy atom. The second-order valence-corrected chi connectivity index (χ2v) is 6.80. The quantitative estimate of drug-likeness (QED) is 0.869. The molecular weight excluding hydrogens is 349 g/mol. The summed E-state index contributed by atoms with van der Waals surface area (Å²) in [7, 11) is 0. The standard InChI is InChI=1S/C17H19ClFN3O3/c1-3-21-6-10(17(24)25)16(23)9-4-11(19)15(13(18)14(9)21)22-5-8(2)12(20)7-22/h4,6,8,12H,3,5,7,20H2,1-2H3,(H,24,25)/t8-,12+/m1/s1. The maximum Gasteiger partial charge on any atom is 0.341 e. The molecule has 0 amide bonds. The van der Waals surface area contributed by atoms with E-state index in [0.717, 1.165) is 6.07 Å². The van der Waals surface area contributed by atoms with E-state index in [1.165, 1.54) is 6.20 Å². The minimum atomic E-state index is -1.35. The normalized spacial score (nSPS) is 20.4. The van der Waals surface area contributed by atoms with Crippen LogP contribution in [-0.4, -0.2) is 34.8 Å². The summed E-state index contributed by atoms with van der Waals surface area (Å²) in [6.07, 6.45) is 1.25. The Kier molecular flexibility index (Phi) is 4.47. The number of carboxylic acids is 1. The van der Waals surface area contributed by atoms with Crippen molar-refractivity contribution in [1.82, 2.24) is 4.57 Å². The van der Waals surface area contributed by atoms with Crippen molar-refractivity contribution in [2.24, 2.45) is 11.7 Å². The van der Waals surface area contributed by atoms with Crippen LogP contribution in [0.25, 0.3) is 10.9 Å². The molecule has 0 radical (unpaired) electrons. The van der Waals surface area contributed by atoms with Gasteiger partial charge in [-0.05, 0) is 18.9 Å². The zero-order valence-electron chi connectivity index (χ0n) is 13.9. The van der Waals surface area contributed by atoms with Gasteiger partial charge < -0.3 is 20.3 Å². The van der Waals surface area contributed by atoms with Gasteiger partial charge in [0.1, 0.15) is 11.4 Å². The van der Waals surface area contributed by atoms with Gasteiger partial charge in [0.15, 0.2) is 0 Å². The first-order valence-corrected chi connectivity index (χ1v) is 8.43. The highest BCUT2D eigenvalue weighted by Crippen LogP contribution is 2.37. The first-order chi connectivity index (χ1) is 11.8. The van der Waals surface area contributed by atoms with E-state index in [4.69, 9.17) is 17.3 Å². The molecule has 1 aromatic heterocycles. The van der Waals surface area contributed by atoms with Gasteiger partial charge in [-0.15, -0.1) is 0 Å². The number of rotatable bonds is 3. The number of anilines is 1. The molecule has 1 aliphatic heterocycles. The third kappa shape index (κ3) is 2.77. The van der Waals surface area contributed by atoms with Crippen LogP contribution >= 0.6 is 11.6 Å². The molecule has 3 N–H and O–H groups in total. The smallest absolute Gasteiger partial charge is 0.341 e. The van der Waals surface area contributed by atoms with E-state index in [1.807, 2.05) is 6.92 Å². The number of benzene rings is 1. The highest BCUT2D eigenvalue weighted by Gasteiger charge is 2.31. The van der Waals surface area contributed by atoms with E-state index >= 15 is 0 Å². The lowest BCUT2D eigenvalue weighted by Gasteiger charge is -2.23. The van der Waals surface area contributed by atoms with E-state index in [9.17, 15) is 19.1 Å². The van der Waals surface area contributed by atoms with Crippen LogP contribution < -0.4 is 16.1 Å². The molecular formula is C17H19ClFN3O3. The molecule has 134 valence electrons. The summed E-state index contributed by atoms with van der Waals surface area (Å²) in [6.45, 7) is 5.19. The summed E-state index contributed by atoms with van der Waals surface area (Å²) in [6, 6.07) is 0.986. The number of aromatic carboxylic acids is 1. The number of hydrogen-bond donors (Lipinski definition) is 2. The van der Waals surface area contributed by atoms with Gasteiger partial charge in [-0.3, -0.25) is 4.79 Å². The fraction of sp³-hybridized carbons (Fsp3) is 0.412. The Bertz CT molecular complexity index is 918. The van der Waals surface area contributed by atoms with Crippen LogP contribution in [0, 0.1) is 11.7 Å². The van der Waals surface area contributed by atoms with Crippen LogP contribution in [0.5, 0.6) is 0 Å². The first-order valence-electron chi connectivity index (χ1n) is 8.05. The summed E-state index contributed by atoms with van der Waals surface area (Å²) in [4.78, 5) is 25.5. The summed E-state index contributed by atoms with van der Waals surface area (Å²) >= 11 is 6.48. The van der Waals surface area contributed by atoms with Gasteiger partial charge in [0.2, 0.25) is 5.43 Å². The predicted molar refractivity (Wildman–Crippen MR) is 95.2 cm³/mol. The number of nitrogens with two attached hydrogens (primary N) is 1. The highest BCUT2D eigenvalue weighted by atomic mass is 35.5. The lowest BCUT2D eigenvalue weighted by atomic mass is 10.1. The summed E-state index contributed by atoms with van der Waals surface area (Å²) < 4.78 is 16.3. The number of nitrogens with zero attached hydrogens (tertiary/aromatic N) is 2. The zero-order valence-corrected chi connectivity index (χ0v) is 14.7. The number of halogens is 2. The van der Waals surface area contributed by atoms with Crippen molar-refractivity contribution >= 4 is 34.2 Å². The summed E-state index contributed by atoms with van der Waals surface area (Å²) in [5, 5.41) is 9.27. The summed E-state index contributed by atoms with van der Waals surface area (Å²) in [5.74, 6) is -1.82. The number of aromatic nitrogens is 1. The first kappa shape index (κ1) is 17.7. The van der Waals surface area contributed by atoms with Crippen molar-refractivity contribution in [3.63, 3.8) is 0 Å². The van der Waals surface area contributed by atoms with Gasteiger partial charge in [0.05, 0.1) is 21.6 Å². The topological polar surface area (TPSA) is 88.6 Å². The molecule has 2 atom stereocenters. The molecule has 0 aliphatic carbocycles. The molecule has 0 spiro atoms. The fourth-order valence-corrected chi connectivity index (χ4v) is 3.76. The van der Waals surface area contributed by atoms with Crippen LogP contribution in [-0.2, 0) is 6.54 Å². The number of carbonyl (C=O) groups is 1. The van der Waals surface area contributed by atoms with Crippen LogP contribution in [0.15, 0.2) is 17.1 Å². The Balaban J connectivity index is 2.32. The maximum atomic E-state index is 14.8. The third-order valence-electron chi connectivity index (χ3n) is 4.79.